The van der Waals surface area contributed by atoms with Gasteiger partial charge in [0.2, 0.25) is 5.91 Å². The molecule has 1 saturated carbocycles. The number of hydrogen-bond acceptors (Lipinski definition) is 3. The normalized spacial score (nSPS) is 21.9. The Morgan fingerprint density at radius 1 is 1.37 bits per heavy atom. The van der Waals surface area contributed by atoms with Gasteiger partial charge in [-0.1, -0.05) is 12.8 Å². The molecule has 2 rings (SSSR count). The molecule has 0 unspecified atom stereocenters. The van der Waals surface area contributed by atoms with Crippen LogP contribution >= 0.6 is 0 Å². The highest BCUT2D eigenvalue weighted by Crippen LogP contribution is 2.37. The highest BCUT2D eigenvalue weighted by Gasteiger charge is 2.41. The van der Waals surface area contributed by atoms with Crippen molar-refractivity contribution in [1.82, 2.24) is 15.5 Å². The molecule has 3 amide bonds. The largest absolute Gasteiger partial charge is 0.481 e. The van der Waals surface area contributed by atoms with Gasteiger partial charge in [0.25, 0.3) is 0 Å². The summed E-state index contributed by atoms with van der Waals surface area (Å²) < 4.78 is 0. The van der Waals surface area contributed by atoms with E-state index in [1.54, 1.807) is 0 Å². The van der Waals surface area contributed by atoms with Crippen molar-refractivity contribution in [2.75, 3.05) is 26.2 Å². The summed E-state index contributed by atoms with van der Waals surface area (Å²) in [5, 5.41) is 14.6. The van der Waals surface area contributed by atoms with Gasteiger partial charge in [0.15, 0.2) is 0 Å². The fraction of sp³-hybridized carbons (Fsp3) is 0.750. The number of carbonyl (C=O) groups excluding carboxylic acids is 2. The lowest BCUT2D eigenvalue weighted by Crippen LogP contribution is -2.54. The molecule has 0 atom stereocenters. The molecule has 1 heterocycles. The Hall–Kier alpha value is -1.79. The summed E-state index contributed by atoms with van der Waals surface area (Å²) in [6.45, 7) is 1.07. The van der Waals surface area contributed by atoms with E-state index in [9.17, 15) is 19.5 Å². The number of nitrogens with zero attached hydrogens (tertiary/aromatic N) is 1. The average Bonchev–Trinajstić information content (AvgIpc) is 2.86. The third kappa shape index (κ3) is 2.97. The minimum absolute atomic E-state index is 0.0336. The molecule has 7 nitrogen and oxygen atoms in total. The lowest BCUT2D eigenvalue weighted by atomic mass is 9.86. The first-order valence-corrected chi connectivity index (χ1v) is 6.56. The van der Waals surface area contributed by atoms with E-state index in [2.05, 4.69) is 10.6 Å². The van der Waals surface area contributed by atoms with Gasteiger partial charge in [0.05, 0.1) is 5.41 Å². The average molecular weight is 269 g/mol. The molecule has 0 spiro atoms. The Balaban J connectivity index is 1.88. The molecule has 1 aliphatic heterocycles. The van der Waals surface area contributed by atoms with Crippen LogP contribution in [0, 0.1) is 5.41 Å². The van der Waals surface area contributed by atoms with Gasteiger partial charge in [-0.05, 0) is 12.8 Å². The summed E-state index contributed by atoms with van der Waals surface area (Å²) in [5.41, 5.74) is -0.826. The molecule has 0 radical (unpaired) electrons. The monoisotopic (exact) mass is 269 g/mol. The van der Waals surface area contributed by atoms with E-state index >= 15 is 0 Å². The first kappa shape index (κ1) is 13.6. The Morgan fingerprint density at radius 3 is 2.63 bits per heavy atom. The molecule has 2 fully saturated rings. The standard InChI is InChI=1S/C12H19N3O4/c16-9-7-15(6-5-13-9)11(19)14-8-12(10(17)18)3-1-2-4-12/h1-8H2,(H,13,16)(H,14,19)(H,17,18). The SMILES string of the molecule is O=C1CN(C(=O)NCC2(C(=O)O)CCCC2)CCN1. The van der Waals surface area contributed by atoms with Crippen LogP contribution < -0.4 is 10.6 Å². The predicted octanol–water partition coefficient (Wildman–Crippen LogP) is -0.227. The molecule has 0 aromatic rings. The molecule has 3 N–H and O–H groups in total. The number of amides is 3. The van der Waals surface area contributed by atoms with Gasteiger partial charge in [0.1, 0.15) is 6.54 Å². The summed E-state index contributed by atoms with van der Waals surface area (Å²) in [5.74, 6) is -1.03. The summed E-state index contributed by atoms with van der Waals surface area (Å²) >= 11 is 0. The van der Waals surface area contributed by atoms with E-state index in [1.165, 1.54) is 4.90 Å². The smallest absolute Gasteiger partial charge is 0.317 e. The zero-order valence-electron chi connectivity index (χ0n) is 10.8. The van der Waals surface area contributed by atoms with Crippen molar-refractivity contribution in [2.24, 2.45) is 5.41 Å². The second kappa shape index (κ2) is 5.46. The molecule has 1 aliphatic carbocycles. The minimum atomic E-state index is -0.846. The number of rotatable bonds is 3. The third-order valence-electron chi connectivity index (χ3n) is 3.92. The molecule has 2 aliphatic rings. The van der Waals surface area contributed by atoms with Crippen molar-refractivity contribution in [2.45, 2.75) is 25.7 Å². The summed E-state index contributed by atoms with van der Waals surface area (Å²) in [6, 6.07) is -0.359. The Labute approximate surface area is 111 Å². The van der Waals surface area contributed by atoms with Crippen LogP contribution in [0.5, 0.6) is 0 Å². The number of urea groups is 1. The van der Waals surface area contributed by atoms with Gasteiger partial charge in [-0.25, -0.2) is 4.79 Å². The number of nitrogens with one attached hydrogen (secondary N) is 2. The van der Waals surface area contributed by atoms with Crippen molar-refractivity contribution in [3.8, 4) is 0 Å². The quantitative estimate of drug-likeness (QED) is 0.659. The second-order valence-corrected chi connectivity index (χ2v) is 5.22. The van der Waals surface area contributed by atoms with Crippen LogP contribution in [0.15, 0.2) is 0 Å². The zero-order chi connectivity index (χ0) is 13.9. The van der Waals surface area contributed by atoms with Crippen LogP contribution in [0.1, 0.15) is 25.7 Å². The van der Waals surface area contributed by atoms with E-state index in [0.717, 1.165) is 12.8 Å². The van der Waals surface area contributed by atoms with Gasteiger partial charge in [0, 0.05) is 19.6 Å². The van der Waals surface area contributed by atoms with Crippen molar-refractivity contribution < 1.29 is 19.5 Å². The topological polar surface area (TPSA) is 98.7 Å². The number of carboxylic acids is 1. The number of aliphatic carboxylic acids is 1. The molecular weight excluding hydrogens is 250 g/mol. The number of carbonyl (C=O) groups is 3. The first-order chi connectivity index (χ1) is 9.03. The van der Waals surface area contributed by atoms with Crippen LogP contribution in [0.4, 0.5) is 4.79 Å². The maximum atomic E-state index is 11.9. The van der Waals surface area contributed by atoms with Gasteiger partial charge in [-0.15, -0.1) is 0 Å². The number of hydrogen-bond donors (Lipinski definition) is 3. The second-order valence-electron chi connectivity index (χ2n) is 5.22. The van der Waals surface area contributed by atoms with E-state index in [1.807, 2.05) is 0 Å². The molecular formula is C12H19N3O4. The van der Waals surface area contributed by atoms with Crippen molar-refractivity contribution in [3.05, 3.63) is 0 Å². The zero-order valence-corrected chi connectivity index (χ0v) is 10.8. The highest BCUT2D eigenvalue weighted by atomic mass is 16.4. The molecule has 0 aromatic carbocycles. The fourth-order valence-electron chi connectivity index (χ4n) is 2.69. The molecule has 19 heavy (non-hydrogen) atoms. The van der Waals surface area contributed by atoms with Crippen LogP contribution in [0.3, 0.4) is 0 Å². The molecule has 0 aromatic heterocycles. The van der Waals surface area contributed by atoms with Crippen LogP contribution in [-0.4, -0.2) is 54.1 Å². The van der Waals surface area contributed by atoms with Crippen molar-refractivity contribution >= 4 is 17.9 Å². The Kier molecular flexibility index (Phi) is 3.92. The molecule has 106 valence electrons. The van der Waals surface area contributed by atoms with Crippen molar-refractivity contribution in [1.29, 1.82) is 0 Å². The molecule has 7 heteroatoms. The van der Waals surface area contributed by atoms with E-state index in [0.29, 0.717) is 25.9 Å². The Bertz CT molecular complexity index is 390. The summed E-state index contributed by atoms with van der Waals surface area (Å²) in [6.07, 6.45) is 2.97. The lowest BCUT2D eigenvalue weighted by Gasteiger charge is -2.29. The van der Waals surface area contributed by atoms with Gasteiger partial charge < -0.3 is 20.6 Å². The van der Waals surface area contributed by atoms with Crippen LogP contribution in [0.25, 0.3) is 0 Å². The van der Waals surface area contributed by atoms with E-state index in [-0.39, 0.29) is 25.0 Å². The maximum Gasteiger partial charge on any atom is 0.317 e. The molecule has 1 saturated heterocycles. The number of carboxylic acid groups (broad SMARTS) is 1. The van der Waals surface area contributed by atoms with Crippen LogP contribution in [-0.2, 0) is 9.59 Å². The first-order valence-electron chi connectivity index (χ1n) is 6.56. The fourth-order valence-corrected chi connectivity index (χ4v) is 2.69. The van der Waals surface area contributed by atoms with Crippen molar-refractivity contribution in [3.63, 3.8) is 0 Å². The summed E-state index contributed by atoms with van der Waals surface area (Å²) in [7, 11) is 0. The van der Waals surface area contributed by atoms with Gasteiger partial charge in [-0.2, -0.15) is 0 Å². The maximum absolute atomic E-state index is 11.9. The molecule has 0 bridgehead atoms. The number of piperazine rings is 1. The van der Waals surface area contributed by atoms with Gasteiger partial charge in [-0.3, -0.25) is 9.59 Å². The predicted molar refractivity (Wildman–Crippen MR) is 66.5 cm³/mol. The summed E-state index contributed by atoms with van der Waals surface area (Å²) in [4.78, 5) is 35.8. The lowest BCUT2D eigenvalue weighted by molar-refractivity contribution is -0.148. The van der Waals surface area contributed by atoms with E-state index < -0.39 is 11.4 Å². The third-order valence-corrected chi connectivity index (χ3v) is 3.92. The Morgan fingerprint density at radius 2 is 2.05 bits per heavy atom. The van der Waals surface area contributed by atoms with Gasteiger partial charge >= 0.3 is 12.0 Å². The highest BCUT2D eigenvalue weighted by molar-refractivity contribution is 5.85. The van der Waals surface area contributed by atoms with Crippen LogP contribution in [0.2, 0.25) is 0 Å². The van der Waals surface area contributed by atoms with E-state index in [4.69, 9.17) is 0 Å². The minimum Gasteiger partial charge on any atom is -0.481 e.